The Morgan fingerprint density at radius 1 is 0.486 bits per heavy atom. The molecule has 7 atom stereocenters. The molecule has 0 bridgehead atoms. The maximum atomic E-state index is 12.6. The van der Waals surface area contributed by atoms with Crippen LogP contribution in [0.15, 0.2) is 0 Å². The highest BCUT2D eigenvalue weighted by atomic mass is 31.3. The average molecular weight is 642 g/mol. The van der Waals surface area contributed by atoms with Gasteiger partial charge < -0.3 is 48.9 Å². The molecule has 1 saturated heterocycles. The highest BCUT2D eigenvalue weighted by Gasteiger charge is 2.67. The maximum Gasteiger partial charge on any atom is 0.484 e. The van der Waals surface area contributed by atoms with Gasteiger partial charge in [0.25, 0.3) is 0 Å². The van der Waals surface area contributed by atoms with Gasteiger partial charge in [-0.2, -0.15) is 4.31 Å². The summed E-state index contributed by atoms with van der Waals surface area (Å²) in [6, 6.07) is 0. The van der Waals surface area contributed by atoms with Crippen molar-refractivity contribution < 1.29 is 108 Å². The van der Waals surface area contributed by atoms with Gasteiger partial charge in [-0.25, -0.2) is 27.4 Å². The molecule has 1 unspecified atom stereocenters. The van der Waals surface area contributed by atoms with Crippen LogP contribution < -0.4 is 0 Å². The molecule has 35 heavy (non-hydrogen) atoms. The summed E-state index contributed by atoms with van der Waals surface area (Å²) in [4.78, 5) is 91.0. The van der Waals surface area contributed by atoms with Crippen molar-refractivity contribution in [2.24, 2.45) is 0 Å². The lowest BCUT2D eigenvalue weighted by Gasteiger charge is -2.45. The zero-order valence-corrected chi connectivity index (χ0v) is 21.3. The second kappa shape index (κ2) is 10.4. The molecule has 0 aromatic rings. The molecule has 1 saturated carbocycles. The van der Waals surface area contributed by atoms with Gasteiger partial charge in [-0.05, 0) is 0 Å². The first-order valence-corrected chi connectivity index (χ1v) is 17.1. The number of hydrogen-bond donors (Lipinski definition) is 10. The van der Waals surface area contributed by atoms with Gasteiger partial charge in [0.1, 0.15) is 36.6 Å². The van der Waals surface area contributed by atoms with E-state index >= 15 is 0 Å². The van der Waals surface area contributed by atoms with E-state index < -0.39 is 83.6 Å². The molecule has 0 amide bonds. The van der Waals surface area contributed by atoms with Gasteiger partial charge in [-0.1, -0.05) is 0 Å². The summed E-state index contributed by atoms with van der Waals surface area (Å²) in [5.74, 6) is 0. The summed E-state index contributed by atoms with van der Waals surface area (Å²) in [6.07, 6.45) is -16.3. The zero-order valence-electron chi connectivity index (χ0n) is 15.9. The highest BCUT2D eigenvalue weighted by molar-refractivity contribution is 7.61. The topological polar surface area (TPSA) is 369 Å². The maximum absolute atomic E-state index is 12.6. The Hall–Kier alpha value is 0.700. The number of phosphoric acid groups is 6. The van der Waals surface area contributed by atoms with Gasteiger partial charge in [0.15, 0.2) is 0 Å². The molecular formula is C6H16O23P6. The normalized spacial score (nSPS) is 35.1. The van der Waals surface area contributed by atoms with Crippen molar-refractivity contribution in [1.29, 1.82) is 0 Å². The van der Waals surface area contributed by atoms with E-state index in [1.54, 1.807) is 0 Å². The molecular weight excluding hydrogens is 626 g/mol. The molecule has 23 nitrogen and oxygen atoms in total. The van der Waals surface area contributed by atoms with E-state index in [0.29, 0.717) is 0 Å². The Morgan fingerprint density at radius 2 is 0.743 bits per heavy atom. The van der Waals surface area contributed by atoms with Gasteiger partial charge in [-0.15, -0.1) is 0 Å². The second-order valence-electron chi connectivity index (χ2n) is 6.40. The Morgan fingerprint density at radius 3 is 0.971 bits per heavy atom. The Bertz CT molecular complexity index is 998. The van der Waals surface area contributed by atoms with E-state index in [2.05, 4.69) is 31.5 Å². The minimum Gasteiger partial charge on any atom is -0.303 e. The van der Waals surface area contributed by atoms with Crippen molar-refractivity contribution in [3.05, 3.63) is 0 Å². The first kappa shape index (κ1) is 31.9. The smallest absolute Gasteiger partial charge is 0.303 e. The molecule has 1 heterocycles. The van der Waals surface area contributed by atoms with Crippen LogP contribution in [0.1, 0.15) is 0 Å². The van der Waals surface area contributed by atoms with Crippen LogP contribution in [0.3, 0.4) is 0 Å². The van der Waals surface area contributed by atoms with E-state index in [-0.39, 0.29) is 0 Å². The van der Waals surface area contributed by atoms with Crippen molar-refractivity contribution in [2.75, 3.05) is 0 Å². The summed E-state index contributed by atoms with van der Waals surface area (Å²) >= 11 is 0. The van der Waals surface area contributed by atoms with Crippen molar-refractivity contribution in [1.82, 2.24) is 0 Å². The molecule has 0 radical (unpaired) electrons. The lowest BCUT2D eigenvalue weighted by molar-refractivity contribution is -0.177. The summed E-state index contributed by atoms with van der Waals surface area (Å²) in [5.41, 5.74) is 0. The molecule has 0 aromatic carbocycles. The van der Waals surface area contributed by atoms with Gasteiger partial charge in [0.2, 0.25) is 0 Å². The van der Waals surface area contributed by atoms with Crippen LogP contribution in [-0.2, 0) is 58.8 Å². The van der Waals surface area contributed by atoms with Gasteiger partial charge in [0.05, 0.1) is 0 Å². The monoisotopic (exact) mass is 642 g/mol. The standard InChI is InChI=1S/C6H16O23P6/c7-30(8,9)23-1-2(24-31(10,11)12)4(26-33(16,17)18)6-5(3(1)25-32(13,14)15)27-35(22,28-6)29-34(19,20)21/h1-6H,(H2,7,8,9)(H2,10,11,12)(H2,13,14,15)(H2,16,17,18)(H2,19,20,21)/t1-,2+,3-,4-,5+,6+,35?/m1/s1. The molecule has 0 aromatic heterocycles. The van der Waals surface area contributed by atoms with Crippen LogP contribution in [0.2, 0.25) is 0 Å². The molecule has 1 aliphatic heterocycles. The summed E-state index contributed by atoms with van der Waals surface area (Å²) in [5, 5.41) is 0. The molecule has 1 aliphatic carbocycles. The van der Waals surface area contributed by atoms with Crippen LogP contribution in [0, 0.1) is 0 Å². The number of rotatable bonds is 10. The summed E-state index contributed by atoms with van der Waals surface area (Å²) < 4.78 is 99.3. The van der Waals surface area contributed by atoms with Gasteiger partial charge in [0, 0.05) is 0 Å². The third-order valence-corrected chi connectivity index (χ3v) is 8.41. The predicted molar refractivity (Wildman–Crippen MR) is 98.1 cm³/mol. The van der Waals surface area contributed by atoms with Gasteiger partial charge in [-0.3, -0.25) is 27.1 Å². The fourth-order valence-electron chi connectivity index (χ4n) is 2.97. The summed E-state index contributed by atoms with van der Waals surface area (Å²) in [6.45, 7) is 0. The summed E-state index contributed by atoms with van der Waals surface area (Å²) in [7, 11) is -34.7. The number of phosphoric ester groups is 5. The van der Waals surface area contributed by atoms with Gasteiger partial charge >= 0.3 is 46.9 Å². The van der Waals surface area contributed by atoms with Crippen molar-refractivity contribution in [2.45, 2.75) is 36.6 Å². The van der Waals surface area contributed by atoms with E-state index in [0.717, 1.165) is 0 Å². The minimum atomic E-state index is -5.86. The molecule has 208 valence electrons. The SMILES string of the molecule is O=P(O)(O)O[C@@H]1[C@H](OP(=O)(O)O)[C@@H](OP(=O)(O)O)[C@@H]2OP(=O)(OP(=O)(O)O)O[C@H]2[C@@H]1OP(=O)(O)O. The first-order valence-electron chi connectivity index (χ1n) is 7.97. The molecule has 2 rings (SSSR count). The fourth-order valence-corrected chi connectivity index (χ4v) is 7.67. The quantitative estimate of drug-likeness (QED) is 0.114. The van der Waals surface area contributed by atoms with Crippen LogP contribution in [-0.4, -0.2) is 85.6 Å². The molecule has 0 spiro atoms. The molecule has 2 aliphatic rings. The predicted octanol–water partition coefficient (Wildman–Crippen LogP) is -2.09. The van der Waals surface area contributed by atoms with Crippen molar-refractivity contribution in [3.8, 4) is 0 Å². The van der Waals surface area contributed by atoms with E-state index in [1.807, 2.05) is 0 Å². The van der Waals surface area contributed by atoms with Crippen LogP contribution in [0.25, 0.3) is 0 Å². The zero-order chi connectivity index (χ0) is 27.4. The van der Waals surface area contributed by atoms with Crippen molar-refractivity contribution >= 4 is 46.9 Å². The van der Waals surface area contributed by atoms with E-state index in [1.165, 1.54) is 0 Å². The lowest BCUT2D eigenvalue weighted by Crippen LogP contribution is -2.64. The Balaban J connectivity index is 2.74. The Labute approximate surface area is 192 Å². The largest absolute Gasteiger partial charge is 0.484 e. The van der Waals surface area contributed by atoms with Crippen LogP contribution >= 0.6 is 46.9 Å². The number of fused-ring (bicyclic) bond motifs is 1. The minimum absolute atomic E-state index is 2.52. The molecule has 2 fully saturated rings. The second-order valence-corrected chi connectivity index (χ2v) is 14.1. The van der Waals surface area contributed by atoms with E-state index in [4.69, 9.17) is 48.9 Å². The first-order chi connectivity index (χ1) is 15.3. The average Bonchev–Trinajstić information content (AvgIpc) is 2.84. The van der Waals surface area contributed by atoms with Crippen molar-refractivity contribution in [3.63, 3.8) is 0 Å². The molecule has 29 heteroatoms. The Kier molecular flexibility index (Phi) is 9.44. The van der Waals surface area contributed by atoms with Crippen LogP contribution in [0.4, 0.5) is 0 Å². The van der Waals surface area contributed by atoms with Crippen LogP contribution in [0.5, 0.6) is 0 Å². The third-order valence-electron chi connectivity index (χ3n) is 3.69. The fraction of sp³-hybridized carbons (Fsp3) is 1.00. The highest BCUT2D eigenvalue weighted by Crippen LogP contribution is 2.69. The third kappa shape index (κ3) is 10.1. The number of hydrogen-bond acceptors (Lipinski definition) is 13. The lowest BCUT2D eigenvalue weighted by atomic mass is 9.85. The van der Waals surface area contributed by atoms with E-state index in [9.17, 15) is 27.4 Å². The molecule has 10 N–H and O–H groups in total.